The van der Waals surface area contributed by atoms with Crippen molar-refractivity contribution in [3.05, 3.63) is 0 Å². The van der Waals surface area contributed by atoms with Gasteiger partial charge in [-0.1, -0.05) is 0 Å². The first-order valence-corrected chi connectivity index (χ1v) is 7.88. The fourth-order valence-electron chi connectivity index (χ4n) is 2.16. The van der Waals surface area contributed by atoms with Gasteiger partial charge in [-0.3, -0.25) is 9.59 Å². The zero-order valence-electron chi connectivity index (χ0n) is 10.7. The molecule has 7 nitrogen and oxygen atoms in total. The fourth-order valence-corrected chi connectivity index (χ4v) is 3.76. The number of hydrogen-bond acceptors (Lipinski definition) is 4. The third kappa shape index (κ3) is 2.89. The number of carbonyl (C=O) groups excluding carboxylic acids is 1. The van der Waals surface area contributed by atoms with E-state index in [1.165, 1.54) is 0 Å². The van der Waals surface area contributed by atoms with Gasteiger partial charge in [0.15, 0.2) is 5.25 Å². The van der Waals surface area contributed by atoms with Gasteiger partial charge in [-0.2, -0.15) is 4.31 Å². The number of nitrogens with zero attached hydrogens (tertiary/aromatic N) is 1. The van der Waals surface area contributed by atoms with Crippen LogP contribution in [-0.4, -0.2) is 53.6 Å². The second-order valence-corrected chi connectivity index (χ2v) is 7.28. The molecule has 1 heterocycles. The van der Waals surface area contributed by atoms with Crippen molar-refractivity contribution in [3.63, 3.8) is 0 Å². The van der Waals surface area contributed by atoms with E-state index in [0.717, 1.165) is 24.1 Å². The Bertz CT molecular complexity index is 485. The molecule has 2 aliphatic rings. The summed E-state index contributed by atoms with van der Waals surface area (Å²) in [7, 11) is -3.97. The molecule has 2 atom stereocenters. The van der Waals surface area contributed by atoms with E-state index < -0.39 is 27.3 Å². The van der Waals surface area contributed by atoms with E-state index in [1.54, 1.807) is 0 Å². The van der Waals surface area contributed by atoms with E-state index in [1.807, 2.05) is 0 Å². The molecule has 1 saturated heterocycles. The zero-order valence-corrected chi connectivity index (χ0v) is 11.5. The molecule has 2 fully saturated rings. The molecule has 2 unspecified atom stereocenters. The smallest absolute Gasteiger partial charge is 0.323 e. The largest absolute Gasteiger partial charge is 0.480 e. The summed E-state index contributed by atoms with van der Waals surface area (Å²) in [5.41, 5.74) is 0. The normalized spacial score (nSPS) is 26.1. The maximum Gasteiger partial charge on any atom is 0.323 e. The van der Waals surface area contributed by atoms with Crippen molar-refractivity contribution >= 4 is 21.9 Å². The van der Waals surface area contributed by atoms with Crippen LogP contribution in [0.2, 0.25) is 0 Å². The number of nitrogens with one attached hydrogen (secondary N) is 1. The van der Waals surface area contributed by atoms with Gasteiger partial charge >= 0.3 is 5.97 Å². The number of hydrogen-bond donors (Lipinski definition) is 2. The van der Waals surface area contributed by atoms with Crippen molar-refractivity contribution in [1.82, 2.24) is 9.62 Å². The summed E-state index contributed by atoms with van der Waals surface area (Å²) >= 11 is 0. The van der Waals surface area contributed by atoms with Crippen molar-refractivity contribution in [2.24, 2.45) is 0 Å². The van der Waals surface area contributed by atoms with Crippen LogP contribution in [0.1, 0.15) is 32.6 Å². The van der Waals surface area contributed by atoms with Gasteiger partial charge in [-0.05, 0) is 32.6 Å². The predicted octanol–water partition coefficient (Wildman–Crippen LogP) is -0.468. The maximum atomic E-state index is 12.2. The van der Waals surface area contributed by atoms with E-state index in [-0.39, 0.29) is 18.5 Å². The Morgan fingerprint density at radius 3 is 2.47 bits per heavy atom. The number of sulfonamides is 1. The fraction of sp³-hybridized carbons (Fsp3) is 0.818. The number of rotatable bonds is 5. The van der Waals surface area contributed by atoms with Crippen LogP contribution in [0.5, 0.6) is 0 Å². The summed E-state index contributed by atoms with van der Waals surface area (Å²) < 4.78 is 25.4. The standard InChI is InChI=1S/C11H18N2O5S/c1-7(11(15)16)19(17,18)13-6-2-3-9(13)10(14)12-8-4-5-8/h7-9H,2-6H2,1H3,(H,12,14)(H,15,16). The number of carboxylic acid groups (broad SMARTS) is 1. The highest BCUT2D eigenvalue weighted by molar-refractivity contribution is 7.90. The van der Waals surface area contributed by atoms with Gasteiger partial charge in [-0.15, -0.1) is 0 Å². The molecule has 1 amide bonds. The highest BCUT2D eigenvalue weighted by Gasteiger charge is 2.44. The Morgan fingerprint density at radius 1 is 1.32 bits per heavy atom. The molecule has 108 valence electrons. The minimum Gasteiger partial charge on any atom is -0.480 e. The summed E-state index contributed by atoms with van der Waals surface area (Å²) in [5, 5.41) is 10.1. The molecule has 2 N–H and O–H groups in total. The summed E-state index contributed by atoms with van der Waals surface area (Å²) in [6.45, 7) is 1.34. The topological polar surface area (TPSA) is 104 Å². The van der Waals surface area contributed by atoms with Gasteiger partial charge in [-0.25, -0.2) is 8.42 Å². The third-order valence-electron chi connectivity index (χ3n) is 3.55. The minimum absolute atomic E-state index is 0.162. The van der Waals surface area contributed by atoms with Gasteiger partial charge in [0.05, 0.1) is 0 Å². The Hall–Kier alpha value is -1.15. The number of amides is 1. The Balaban J connectivity index is 2.13. The zero-order chi connectivity index (χ0) is 14.2. The molecule has 8 heteroatoms. The molecule has 0 aromatic carbocycles. The van der Waals surface area contributed by atoms with Crippen molar-refractivity contribution in [1.29, 1.82) is 0 Å². The highest BCUT2D eigenvalue weighted by atomic mass is 32.2. The Kier molecular flexibility index (Phi) is 3.82. The lowest BCUT2D eigenvalue weighted by molar-refractivity contribution is -0.136. The first-order chi connectivity index (χ1) is 8.84. The molecule has 1 aliphatic heterocycles. The average Bonchev–Trinajstić information content (AvgIpc) is 2.99. The lowest BCUT2D eigenvalue weighted by Gasteiger charge is -2.25. The average molecular weight is 290 g/mol. The van der Waals surface area contributed by atoms with Gasteiger partial charge in [0, 0.05) is 12.6 Å². The van der Waals surface area contributed by atoms with Crippen LogP contribution in [0.25, 0.3) is 0 Å². The van der Waals surface area contributed by atoms with Gasteiger partial charge in [0.1, 0.15) is 6.04 Å². The molecule has 19 heavy (non-hydrogen) atoms. The van der Waals surface area contributed by atoms with Crippen LogP contribution in [0.4, 0.5) is 0 Å². The Labute approximate surface area is 112 Å². The highest BCUT2D eigenvalue weighted by Crippen LogP contribution is 2.26. The van der Waals surface area contributed by atoms with Crippen molar-refractivity contribution in [2.75, 3.05) is 6.54 Å². The second-order valence-electron chi connectivity index (χ2n) is 5.08. The van der Waals surface area contributed by atoms with E-state index in [2.05, 4.69) is 5.32 Å². The van der Waals surface area contributed by atoms with Crippen molar-refractivity contribution in [2.45, 2.75) is 49.9 Å². The van der Waals surface area contributed by atoms with Crippen LogP contribution < -0.4 is 5.32 Å². The van der Waals surface area contributed by atoms with E-state index in [4.69, 9.17) is 5.11 Å². The van der Waals surface area contributed by atoms with Crippen LogP contribution in [0, 0.1) is 0 Å². The summed E-state index contributed by atoms with van der Waals surface area (Å²) in [6.07, 6.45) is 2.88. The lowest BCUT2D eigenvalue weighted by Crippen LogP contribution is -2.50. The number of aliphatic carboxylic acids is 1. The molecule has 1 aliphatic carbocycles. The van der Waals surface area contributed by atoms with Gasteiger partial charge in [0.25, 0.3) is 0 Å². The number of carbonyl (C=O) groups is 2. The molecule has 1 saturated carbocycles. The molecule has 0 aromatic heterocycles. The molecule has 0 aromatic rings. The lowest BCUT2D eigenvalue weighted by atomic mass is 10.2. The molecular formula is C11H18N2O5S. The van der Waals surface area contributed by atoms with Crippen LogP contribution in [0.15, 0.2) is 0 Å². The summed E-state index contributed by atoms with van der Waals surface area (Å²) in [6, 6.07) is -0.595. The summed E-state index contributed by atoms with van der Waals surface area (Å²) in [5.74, 6) is -1.70. The van der Waals surface area contributed by atoms with Gasteiger partial charge < -0.3 is 10.4 Å². The molecular weight excluding hydrogens is 272 g/mol. The number of carboxylic acids is 1. The third-order valence-corrected chi connectivity index (χ3v) is 5.74. The van der Waals surface area contributed by atoms with Crippen molar-refractivity contribution < 1.29 is 23.1 Å². The quantitative estimate of drug-likeness (QED) is 0.712. The van der Waals surface area contributed by atoms with Crippen LogP contribution >= 0.6 is 0 Å². The molecule has 0 radical (unpaired) electrons. The van der Waals surface area contributed by atoms with Crippen LogP contribution in [-0.2, 0) is 19.6 Å². The van der Waals surface area contributed by atoms with E-state index >= 15 is 0 Å². The predicted molar refractivity (Wildman–Crippen MR) is 66.9 cm³/mol. The van der Waals surface area contributed by atoms with E-state index in [0.29, 0.717) is 12.8 Å². The Morgan fingerprint density at radius 2 is 1.95 bits per heavy atom. The molecule has 0 bridgehead atoms. The maximum absolute atomic E-state index is 12.2. The first-order valence-electron chi connectivity index (χ1n) is 6.38. The molecule has 0 spiro atoms. The second kappa shape index (κ2) is 5.09. The van der Waals surface area contributed by atoms with Gasteiger partial charge in [0.2, 0.25) is 15.9 Å². The first kappa shape index (κ1) is 14.3. The van der Waals surface area contributed by atoms with Crippen molar-refractivity contribution in [3.8, 4) is 0 Å². The molecule has 2 rings (SSSR count). The monoisotopic (exact) mass is 290 g/mol. The van der Waals surface area contributed by atoms with E-state index in [9.17, 15) is 18.0 Å². The SMILES string of the molecule is CC(C(=O)O)S(=O)(=O)N1CCCC1C(=O)NC1CC1. The summed E-state index contributed by atoms with van der Waals surface area (Å²) in [4.78, 5) is 22.8. The minimum atomic E-state index is -3.97. The van der Waals surface area contributed by atoms with Crippen LogP contribution in [0.3, 0.4) is 0 Å².